The van der Waals surface area contributed by atoms with Crippen LogP contribution < -0.4 is 0 Å². The topological polar surface area (TPSA) is 43.1 Å². The number of aryl methyl sites for hydroxylation is 3. The Bertz CT molecular complexity index is 431. The summed E-state index contributed by atoms with van der Waals surface area (Å²) < 4.78 is 1.77. The second-order valence-electron chi connectivity index (χ2n) is 2.89. The maximum Gasteiger partial charge on any atom is 0.176 e. The molecule has 0 radical (unpaired) electrons. The van der Waals surface area contributed by atoms with E-state index in [0.29, 0.717) is 0 Å². The maximum absolute atomic E-state index is 4.29. The molecule has 0 fully saturated rings. The lowest BCUT2D eigenvalue weighted by molar-refractivity contribution is 0.896. The predicted molar refractivity (Wildman–Crippen MR) is 56.3 cm³/mol. The van der Waals surface area contributed by atoms with Crippen molar-refractivity contribution < 1.29 is 0 Å². The monoisotopic (exact) mass is 192 g/mol. The van der Waals surface area contributed by atoms with Crippen LogP contribution in [-0.2, 0) is 0 Å². The summed E-state index contributed by atoms with van der Waals surface area (Å²) >= 11 is 0. The third kappa shape index (κ3) is 1.89. The van der Waals surface area contributed by atoms with Gasteiger partial charge in [0.1, 0.15) is 5.82 Å². The van der Waals surface area contributed by atoms with Gasteiger partial charge in [-0.25, -0.2) is 9.50 Å². The van der Waals surface area contributed by atoms with Crippen molar-refractivity contribution in [2.75, 3.05) is 0 Å². The van der Waals surface area contributed by atoms with Gasteiger partial charge < -0.3 is 0 Å². The number of hydrogen-bond donors (Lipinski definition) is 0. The quantitative estimate of drug-likeness (QED) is 0.641. The van der Waals surface area contributed by atoms with Crippen molar-refractivity contribution in [2.24, 2.45) is 0 Å². The molecule has 0 bridgehead atoms. The molecule has 76 valence electrons. The highest BCUT2D eigenvalue weighted by molar-refractivity contribution is 5.42. The van der Waals surface area contributed by atoms with Gasteiger partial charge in [0, 0.05) is 0 Å². The van der Waals surface area contributed by atoms with Crippen LogP contribution in [0.3, 0.4) is 0 Å². The van der Waals surface area contributed by atoms with Gasteiger partial charge in [0.2, 0.25) is 0 Å². The SMILES string of the molecule is CC.Cc1cn2nc(C)nc2c(C)n1. The molecule has 0 aromatic carbocycles. The van der Waals surface area contributed by atoms with Gasteiger partial charge in [-0.1, -0.05) is 13.8 Å². The lowest BCUT2D eigenvalue weighted by atomic mass is 10.4. The molecule has 2 aromatic heterocycles. The largest absolute Gasteiger partial charge is 0.253 e. The molecule has 4 heteroatoms. The molecule has 0 aliphatic carbocycles. The summed E-state index contributed by atoms with van der Waals surface area (Å²) in [6, 6.07) is 0. The standard InChI is InChI=1S/C8H10N4.C2H6/c1-5-4-12-8(6(2)9-5)10-7(3)11-12;1-2/h4H,1-3H3;1-2H3. The van der Waals surface area contributed by atoms with E-state index in [-0.39, 0.29) is 0 Å². The fourth-order valence-electron chi connectivity index (χ4n) is 1.29. The summed E-state index contributed by atoms with van der Waals surface area (Å²) in [5.41, 5.74) is 2.73. The van der Waals surface area contributed by atoms with E-state index in [1.165, 1.54) is 0 Å². The number of nitrogens with zero attached hydrogens (tertiary/aromatic N) is 4. The van der Waals surface area contributed by atoms with Gasteiger partial charge >= 0.3 is 0 Å². The Hall–Kier alpha value is -1.45. The van der Waals surface area contributed by atoms with Gasteiger partial charge in [-0.05, 0) is 20.8 Å². The van der Waals surface area contributed by atoms with Gasteiger partial charge in [-0.15, -0.1) is 0 Å². The van der Waals surface area contributed by atoms with Crippen LogP contribution in [0.5, 0.6) is 0 Å². The lowest BCUT2D eigenvalue weighted by Gasteiger charge is -1.96. The van der Waals surface area contributed by atoms with Gasteiger partial charge in [0.05, 0.1) is 17.6 Å². The van der Waals surface area contributed by atoms with Crippen molar-refractivity contribution in [2.45, 2.75) is 34.6 Å². The summed E-state index contributed by atoms with van der Waals surface area (Å²) in [7, 11) is 0. The summed E-state index contributed by atoms with van der Waals surface area (Å²) in [5.74, 6) is 0.783. The lowest BCUT2D eigenvalue weighted by Crippen LogP contribution is -1.95. The van der Waals surface area contributed by atoms with E-state index in [1.807, 2.05) is 40.8 Å². The number of aromatic nitrogens is 4. The highest BCUT2D eigenvalue weighted by atomic mass is 15.3. The summed E-state index contributed by atoms with van der Waals surface area (Å²) in [6.07, 6.45) is 1.88. The van der Waals surface area contributed by atoms with Gasteiger partial charge in [0.15, 0.2) is 5.65 Å². The Morgan fingerprint density at radius 1 is 1.07 bits per heavy atom. The molecule has 0 atom stereocenters. The van der Waals surface area contributed by atoms with E-state index in [0.717, 1.165) is 22.9 Å². The minimum Gasteiger partial charge on any atom is -0.253 e. The second-order valence-corrected chi connectivity index (χ2v) is 2.89. The molecule has 2 heterocycles. The maximum atomic E-state index is 4.29. The average molecular weight is 192 g/mol. The minimum atomic E-state index is 0.783. The molecule has 0 N–H and O–H groups in total. The van der Waals surface area contributed by atoms with Crippen LogP contribution >= 0.6 is 0 Å². The third-order valence-electron chi connectivity index (χ3n) is 1.71. The Morgan fingerprint density at radius 3 is 2.36 bits per heavy atom. The van der Waals surface area contributed by atoms with Crippen molar-refractivity contribution in [1.29, 1.82) is 0 Å². The molecule has 0 unspecified atom stereocenters. The number of fused-ring (bicyclic) bond motifs is 1. The van der Waals surface area contributed by atoms with E-state index >= 15 is 0 Å². The molecule has 0 aliphatic heterocycles. The molecule has 0 spiro atoms. The molecule has 0 saturated heterocycles. The molecular weight excluding hydrogens is 176 g/mol. The smallest absolute Gasteiger partial charge is 0.176 e. The van der Waals surface area contributed by atoms with Crippen LogP contribution in [0.4, 0.5) is 0 Å². The Labute approximate surface area is 84.0 Å². The van der Waals surface area contributed by atoms with Crippen LogP contribution in [0.25, 0.3) is 5.65 Å². The zero-order chi connectivity index (χ0) is 10.7. The molecule has 4 nitrogen and oxygen atoms in total. The Balaban J connectivity index is 0.000000461. The number of hydrogen-bond acceptors (Lipinski definition) is 3. The van der Waals surface area contributed by atoms with E-state index < -0.39 is 0 Å². The molecule has 0 amide bonds. The molecule has 0 aliphatic rings. The minimum absolute atomic E-state index is 0.783. The molecule has 2 rings (SSSR count). The van der Waals surface area contributed by atoms with Gasteiger partial charge in [-0.2, -0.15) is 5.10 Å². The van der Waals surface area contributed by atoms with Gasteiger partial charge in [-0.3, -0.25) is 4.98 Å². The zero-order valence-corrected chi connectivity index (χ0v) is 9.37. The van der Waals surface area contributed by atoms with E-state index in [1.54, 1.807) is 4.52 Å². The Morgan fingerprint density at radius 2 is 1.71 bits per heavy atom. The summed E-state index contributed by atoms with van der Waals surface area (Å²) in [5, 5.41) is 4.20. The van der Waals surface area contributed by atoms with Crippen molar-refractivity contribution in [3.05, 3.63) is 23.4 Å². The first-order valence-corrected chi connectivity index (χ1v) is 4.84. The van der Waals surface area contributed by atoms with Crippen LogP contribution in [0, 0.1) is 20.8 Å². The molecule has 2 aromatic rings. The predicted octanol–water partition coefficient (Wildman–Crippen LogP) is 2.08. The fraction of sp³-hybridized carbons (Fsp3) is 0.500. The van der Waals surface area contributed by atoms with Crippen LogP contribution in [0.15, 0.2) is 6.20 Å². The zero-order valence-electron chi connectivity index (χ0n) is 9.37. The Kier molecular flexibility index (Phi) is 3.17. The highest BCUT2D eigenvalue weighted by Gasteiger charge is 2.03. The average Bonchev–Trinajstić information content (AvgIpc) is 2.49. The fourth-order valence-corrected chi connectivity index (χ4v) is 1.29. The summed E-state index contributed by atoms with van der Waals surface area (Å²) in [6.45, 7) is 9.77. The van der Waals surface area contributed by atoms with Crippen LogP contribution in [0.2, 0.25) is 0 Å². The van der Waals surface area contributed by atoms with Crippen molar-refractivity contribution in [3.63, 3.8) is 0 Å². The summed E-state index contributed by atoms with van der Waals surface area (Å²) in [4.78, 5) is 8.53. The van der Waals surface area contributed by atoms with E-state index in [4.69, 9.17) is 0 Å². The van der Waals surface area contributed by atoms with E-state index in [2.05, 4.69) is 15.1 Å². The molecule has 14 heavy (non-hydrogen) atoms. The first-order valence-electron chi connectivity index (χ1n) is 4.84. The first kappa shape index (κ1) is 10.6. The first-order chi connectivity index (χ1) is 6.66. The molecule has 0 saturated carbocycles. The highest BCUT2D eigenvalue weighted by Crippen LogP contribution is 2.05. The third-order valence-corrected chi connectivity index (χ3v) is 1.71. The van der Waals surface area contributed by atoms with Crippen LogP contribution in [-0.4, -0.2) is 19.6 Å². The second kappa shape index (κ2) is 4.17. The van der Waals surface area contributed by atoms with Crippen molar-refractivity contribution in [1.82, 2.24) is 19.6 Å². The van der Waals surface area contributed by atoms with E-state index in [9.17, 15) is 0 Å². The van der Waals surface area contributed by atoms with Crippen molar-refractivity contribution >= 4 is 5.65 Å². The van der Waals surface area contributed by atoms with Gasteiger partial charge in [0.25, 0.3) is 0 Å². The molecular formula is C10H16N4. The van der Waals surface area contributed by atoms with Crippen LogP contribution in [0.1, 0.15) is 31.1 Å². The normalized spacial score (nSPS) is 9.79. The number of rotatable bonds is 0. The van der Waals surface area contributed by atoms with Crippen molar-refractivity contribution in [3.8, 4) is 0 Å².